The first-order chi connectivity index (χ1) is 8.52. The minimum Gasteiger partial charge on any atom is -0.478 e. The van der Waals surface area contributed by atoms with Gasteiger partial charge in [-0.15, -0.1) is 0 Å². The van der Waals surface area contributed by atoms with Gasteiger partial charge in [0.05, 0.1) is 23.1 Å². The van der Waals surface area contributed by atoms with Crippen LogP contribution in [0.1, 0.15) is 23.1 Å². The Kier molecular flexibility index (Phi) is 3.27. The van der Waals surface area contributed by atoms with Gasteiger partial charge in [-0.3, -0.25) is 0 Å². The summed E-state index contributed by atoms with van der Waals surface area (Å²) < 4.78 is 26.5. The first-order valence-corrected chi connectivity index (χ1v) is 5.53. The number of rotatable bonds is 4. The van der Waals surface area contributed by atoms with Crippen molar-refractivity contribution >= 4 is 17.0 Å². The summed E-state index contributed by atoms with van der Waals surface area (Å²) in [5, 5.41) is 8.87. The second-order valence-corrected chi connectivity index (χ2v) is 3.89. The minimum absolute atomic E-state index is 0.104. The van der Waals surface area contributed by atoms with Crippen molar-refractivity contribution in [2.45, 2.75) is 26.3 Å². The molecule has 18 heavy (non-hydrogen) atoms. The number of carbonyl (C=O) groups is 1. The molecule has 1 aromatic heterocycles. The molecule has 0 radical (unpaired) electrons. The van der Waals surface area contributed by atoms with Crippen molar-refractivity contribution < 1.29 is 18.7 Å². The van der Waals surface area contributed by atoms with E-state index >= 15 is 0 Å². The number of benzene rings is 1. The Hall–Kier alpha value is -1.98. The molecular formula is C12H12F2N2O2. The van der Waals surface area contributed by atoms with Crippen molar-refractivity contribution in [3.8, 4) is 0 Å². The predicted molar refractivity (Wildman–Crippen MR) is 62.1 cm³/mol. The molecule has 1 N–H and O–H groups in total. The van der Waals surface area contributed by atoms with Gasteiger partial charge >= 0.3 is 5.97 Å². The second-order valence-electron chi connectivity index (χ2n) is 3.89. The highest BCUT2D eigenvalue weighted by Gasteiger charge is 2.14. The molecule has 4 nitrogen and oxygen atoms in total. The number of halogens is 2. The average molecular weight is 254 g/mol. The quantitative estimate of drug-likeness (QED) is 0.912. The Morgan fingerprint density at radius 2 is 2.22 bits per heavy atom. The summed E-state index contributed by atoms with van der Waals surface area (Å²) in [6, 6.07) is 4.32. The lowest BCUT2D eigenvalue weighted by Crippen LogP contribution is -2.09. The zero-order chi connectivity index (χ0) is 13.3. The molecule has 1 aromatic carbocycles. The van der Waals surface area contributed by atoms with E-state index in [0.717, 1.165) is 0 Å². The third kappa shape index (κ3) is 2.18. The van der Waals surface area contributed by atoms with E-state index in [1.54, 1.807) is 0 Å². The van der Waals surface area contributed by atoms with E-state index in [-0.39, 0.29) is 5.56 Å². The fourth-order valence-corrected chi connectivity index (χ4v) is 1.92. The molecule has 0 unspecified atom stereocenters. The maximum Gasteiger partial charge on any atom is 0.335 e. The van der Waals surface area contributed by atoms with Gasteiger partial charge in [-0.1, -0.05) is 6.92 Å². The number of imidazole rings is 1. The molecule has 0 spiro atoms. The molecule has 2 aromatic rings. The number of fused-ring (bicyclic) bond motifs is 1. The van der Waals surface area contributed by atoms with Crippen molar-refractivity contribution in [2.75, 3.05) is 0 Å². The largest absolute Gasteiger partial charge is 0.478 e. The zero-order valence-corrected chi connectivity index (χ0v) is 9.73. The standard InChI is InChI=1S/C12H12F2N2O2/c1-2-11-15-8-5-7(12(17)18)3-4-9(8)16(11)6-10(13)14/h3-5,10H,2,6H2,1H3,(H,17,18). The van der Waals surface area contributed by atoms with Gasteiger partial charge in [0, 0.05) is 6.42 Å². The minimum atomic E-state index is -2.47. The number of hydrogen-bond donors (Lipinski definition) is 1. The van der Waals surface area contributed by atoms with Crippen molar-refractivity contribution in [1.29, 1.82) is 0 Å². The molecule has 96 valence electrons. The van der Waals surface area contributed by atoms with E-state index in [1.165, 1.54) is 22.8 Å². The van der Waals surface area contributed by atoms with E-state index in [1.807, 2.05) is 6.92 Å². The SMILES string of the molecule is CCc1nc2cc(C(=O)O)ccc2n1CC(F)F. The third-order valence-electron chi connectivity index (χ3n) is 2.71. The van der Waals surface area contributed by atoms with Gasteiger partial charge < -0.3 is 9.67 Å². The predicted octanol–water partition coefficient (Wildman–Crippen LogP) is 2.56. The summed E-state index contributed by atoms with van der Waals surface area (Å²) in [6.45, 7) is 1.40. The average Bonchev–Trinajstić information content (AvgIpc) is 2.65. The number of carboxylic acids is 1. The number of aryl methyl sites for hydroxylation is 1. The molecule has 0 aliphatic rings. The lowest BCUT2D eigenvalue weighted by molar-refractivity contribution is 0.0697. The summed E-state index contributed by atoms with van der Waals surface area (Å²) in [7, 11) is 0. The van der Waals surface area contributed by atoms with Gasteiger partial charge in [-0.05, 0) is 18.2 Å². The van der Waals surface area contributed by atoms with Crippen LogP contribution in [0.3, 0.4) is 0 Å². The molecule has 2 rings (SSSR count). The molecule has 0 aliphatic carbocycles. The van der Waals surface area contributed by atoms with Crippen molar-refractivity contribution in [2.24, 2.45) is 0 Å². The number of alkyl halides is 2. The van der Waals surface area contributed by atoms with Crippen LogP contribution in [0.5, 0.6) is 0 Å². The van der Waals surface area contributed by atoms with Crippen LogP contribution >= 0.6 is 0 Å². The normalized spacial score (nSPS) is 11.3. The Morgan fingerprint density at radius 1 is 1.50 bits per heavy atom. The summed E-state index contributed by atoms with van der Waals surface area (Å²) >= 11 is 0. The summed E-state index contributed by atoms with van der Waals surface area (Å²) in [6.07, 6.45) is -1.95. The topological polar surface area (TPSA) is 55.1 Å². The number of aromatic nitrogens is 2. The van der Waals surface area contributed by atoms with Crippen LogP contribution in [0.4, 0.5) is 8.78 Å². The Balaban J connectivity index is 2.58. The van der Waals surface area contributed by atoms with E-state index in [0.29, 0.717) is 23.3 Å². The van der Waals surface area contributed by atoms with Crippen LogP contribution in [0, 0.1) is 0 Å². The third-order valence-corrected chi connectivity index (χ3v) is 2.71. The van der Waals surface area contributed by atoms with E-state index in [2.05, 4.69) is 4.98 Å². The molecule has 0 atom stereocenters. The summed E-state index contributed by atoms with van der Waals surface area (Å²) in [5.41, 5.74) is 1.08. The first-order valence-electron chi connectivity index (χ1n) is 5.53. The molecule has 6 heteroatoms. The van der Waals surface area contributed by atoms with Gasteiger partial charge in [-0.2, -0.15) is 0 Å². The number of aromatic carboxylic acids is 1. The molecule has 0 fully saturated rings. The number of carboxylic acid groups (broad SMARTS) is 1. The maximum atomic E-state index is 12.5. The van der Waals surface area contributed by atoms with Gasteiger partial charge in [0.1, 0.15) is 5.82 Å². The smallest absolute Gasteiger partial charge is 0.335 e. The van der Waals surface area contributed by atoms with Gasteiger partial charge in [-0.25, -0.2) is 18.6 Å². The maximum absolute atomic E-state index is 12.5. The van der Waals surface area contributed by atoms with E-state index in [4.69, 9.17) is 5.11 Å². The highest BCUT2D eigenvalue weighted by Crippen LogP contribution is 2.19. The molecule has 0 amide bonds. The molecule has 0 bridgehead atoms. The lowest BCUT2D eigenvalue weighted by atomic mass is 10.2. The fourth-order valence-electron chi connectivity index (χ4n) is 1.92. The highest BCUT2D eigenvalue weighted by molar-refractivity contribution is 5.92. The first kappa shape index (κ1) is 12.5. The van der Waals surface area contributed by atoms with E-state index in [9.17, 15) is 13.6 Å². The molecule has 0 aliphatic heterocycles. The van der Waals surface area contributed by atoms with Crippen LogP contribution in [0.25, 0.3) is 11.0 Å². The number of hydrogen-bond acceptors (Lipinski definition) is 2. The van der Waals surface area contributed by atoms with Crippen molar-refractivity contribution in [3.05, 3.63) is 29.6 Å². The van der Waals surface area contributed by atoms with Crippen LogP contribution in [-0.4, -0.2) is 27.1 Å². The highest BCUT2D eigenvalue weighted by atomic mass is 19.3. The fraction of sp³-hybridized carbons (Fsp3) is 0.333. The van der Waals surface area contributed by atoms with Gasteiger partial charge in [0.25, 0.3) is 6.43 Å². The van der Waals surface area contributed by atoms with Crippen LogP contribution in [-0.2, 0) is 13.0 Å². The van der Waals surface area contributed by atoms with Crippen LogP contribution < -0.4 is 0 Å². The summed E-state index contributed by atoms with van der Waals surface area (Å²) in [5.74, 6) is -0.522. The summed E-state index contributed by atoms with van der Waals surface area (Å²) in [4.78, 5) is 15.0. The monoisotopic (exact) mass is 254 g/mol. The number of nitrogens with zero attached hydrogens (tertiary/aromatic N) is 2. The van der Waals surface area contributed by atoms with Gasteiger partial charge in [0.2, 0.25) is 0 Å². The molecule has 0 saturated carbocycles. The zero-order valence-electron chi connectivity index (χ0n) is 9.73. The van der Waals surface area contributed by atoms with Crippen LogP contribution in [0.15, 0.2) is 18.2 Å². The Morgan fingerprint density at radius 3 is 2.78 bits per heavy atom. The Labute approximate surface area is 102 Å². The molecular weight excluding hydrogens is 242 g/mol. The van der Waals surface area contributed by atoms with Crippen molar-refractivity contribution in [3.63, 3.8) is 0 Å². The molecule has 0 saturated heterocycles. The van der Waals surface area contributed by atoms with Crippen LogP contribution in [0.2, 0.25) is 0 Å². The Bertz CT molecular complexity index is 593. The lowest BCUT2D eigenvalue weighted by Gasteiger charge is -2.06. The second kappa shape index (κ2) is 4.72. The van der Waals surface area contributed by atoms with Gasteiger partial charge in [0.15, 0.2) is 0 Å². The molecule has 1 heterocycles. The van der Waals surface area contributed by atoms with Crippen molar-refractivity contribution in [1.82, 2.24) is 9.55 Å². The van der Waals surface area contributed by atoms with E-state index < -0.39 is 18.9 Å².